The van der Waals surface area contributed by atoms with Gasteiger partial charge in [0.15, 0.2) is 5.69 Å². The summed E-state index contributed by atoms with van der Waals surface area (Å²) < 4.78 is 22.9. The molecule has 0 unspecified atom stereocenters. The molecule has 0 fully saturated rings. The van der Waals surface area contributed by atoms with Crippen LogP contribution in [0.1, 0.15) is 26.7 Å². The van der Waals surface area contributed by atoms with Crippen LogP contribution in [0.5, 0.6) is 0 Å². The Bertz CT molecular complexity index is 683. The van der Waals surface area contributed by atoms with Crippen molar-refractivity contribution in [3.8, 4) is 0 Å². The summed E-state index contributed by atoms with van der Waals surface area (Å²) in [4.78, 5) is 21.8. The number of benzene rings is 1. The maximum absolute atomic E-state index is 11.4. The Morgan fingerprint density at radius 1 is 1.04 bits per heavy atom. The minimum absolute atomic E-state index is 0. The monoisotopic (exact) mass is 386 g/mol. The van der Waals surface area contributed by atoms with E-state index in [1.54, 1.807) is 0 Å². The summed E-state index contributed by atoms with van der Waals surface area (Å²) in [7, 11) is -4.31. The zero-order valence-corrected chi connectivity index (χ0v) is 13.6. The number of hydrogen-bond donors (Lipinski definition) is 1. The molecule has 0 atom stereocenters. The number of rotatable bonds is 8. The number of hydrogen-bond acceptors (Lipinski definition) is 7. The molecule has 0 aliphatic carbocycles. The van der Waals surface area contributed by atoms with Gasteiger partial charge in [0.05, 0.1) is 14.7 Å². The van der Waals surface area contributed by atoms with Crippen molar-refractivity contribution in [2.75, 3.05) is 18.0 Å². The van der Waals surface area contributed by atoms with Crippen LogP contribution in [-0.2, 0) is 10.0 Å². The zero-order chi connectivity index (χ0) is 17.8. The molecule has 1 rings (SSSR count). The molecular formula is C12H19KN4O6S. The number of nitro benzene ring substituents is 2. The number of nitrogens with zero attached hydrogens (tertiary/aromatic N) is 3. The molecule has 0 heterocycles. The summed E-state index contributed by atoms with van der Waals surface area (Å²) in [5, 5.41) is 27.6. The summed E-state index contributed by atoms with van der Waals surface area (Å²) in [5.41, 5.74) is -1.49. The molecule has 130 valence electrons. The van der Waals surface area contributed by atoms with Crippen LogP contribution in [-0.4, -0.2) is 82.7 Å². The van der Waals surface area contributed by atoms with Crippen molar-refractivity contribution in [2.45, 2.75) is 31.6 Å². The van der Waals surface area contributed by atoms with E-state index in [2.05, 4.69) is 0 Å². The van der Waals surface area contributed by atoms with Gasteiger partial charge < -0.3 is 4.90 Å². The van der Waals surface area contributed by atoms with Gasteiger partial charge in [-0.3, -0.25) is 20.2 Å². The van der Waals surface area contributed by atoms with Crippen LogP contribution >= 0.6 is 0 Å². The first kappa shape index (κ1) is 23.4. The van der Waals surface area contributed by atoms with E-state index in [0.717, 1.165) is 12.1 Å². The van der Waals surface area contributed by atoms with E-state index in [4.69, 9.17) is 5.14 Å². The van der Waals surface area contributed by atoms with Crippen molar-refractivity contribution in [2.24, 2.45) is 5.14 Å². The molecule has 0 bridgehead atoms. The first-order valence-electron chi connectivity index (χ1n) is 6.88. The Morgan fingerprint density at radius 2 is 1.42 bits per heavy atom. The summed E-state index contributed by atoms with van der Waals surface area (Å²) in [6.07, 6.45) is 1.23. The number of nitro groups is 2. The first-order valence-corrected chi connectivity index (χ1v) is 8.42. The topological polar surface area (TPSA) is 150 Å². The standard InChI is InChI=1S/C12H18N4O6S.K.H/c1-3-5-14(6-4-2)12-10(15(17)18)7-9(23(13,21)22)8-11(12)16(19)20;;/h7-8H,3-6H2,1-2H3,(H2,13,21,22);;. The third-order valence-electron chi connectivity index (χ3n) is 3.07. The summed E-state index contributed by atoms with van der Waals surface area (Å²) in [5.74, 6) is 0. The van der Waals surface area contributed by atoms with Gasteiger partial charge in [0.2, 0.25) is 10.0 Å². The Kier molecular flexibility index (Phi) is 9.49. The molecule has 1 aromatic carbocycles. The molecule has 24 heavy (non-hydrogen) atoms. The molecule has 2 N–H and O–H groups in total. The second kappa shape index (κ2) is 9.75. The van der Waals surface area contributed by atoms with Crippen LogP contribution in [0.3, 0.4) is 0 Å². The Hall–Kier alpha value is -0.634. The molecule has 0 spiro atoms. The fourth-order valence-electron chi connectivity index (χ4n) is 2.22. The number of nitrogens with two attached hydrogens (primary N) is 1. The van der Waals surface area contributed by atoms with Gasteiger partial charge in [-0.2, -0.15) is 0 Å². The normalized spacial score (nSPS) is 10.8. The van der Waals surface area contributed by atoms with E-state index in [1.165, 1.54) is 4.90 Å². The van der Waals surface area contributed by atoms with E-state index in [-0.39, 0.29) is 57.1 Å². The average Bonchev–Trinajstić information content (AvgIpc) is 2.44. The van der Waals surface area contributed by atoms with Gasteiger partial charge in [-0.05, 0) is 12.8 Å². The van der Waals surface area contributed by atoms with Crippen LogP contribution in [0.15, 0.2) is 17.0 Å². The molecule has 0 saturated carbocycles. The van der Waals surface area contributed by atoms with Gasteiger partial charge in [0.1, 0.15) is 0 Å². The fourth-order valence-corrected chi connectivity index (χ4v) is 2.77. The minimum atomic E-state index is -4.31. The van der Waals surface area contributed by atoms with Gasteiger partial charge in [0.25, 0.3) is 0 Å². The predicted octanol–water partition coefficient (Wildman–Crippen LogP) is 1.13. The summed E-state index contributed by atoms with van der Waals surface area (Å²) in [6, 6.07) is 1.52. The number of primary sulfonamides is 1. The van der Waals surface area contributed by atoms with Crippen LogP contribution in [0.25, 0.3) is 0 Å². The molecular weight excluding hydrogens is 367 g/mol. The molecule has 0 saturated heterocycles. The zero-order valence-electron chi connectivity index (χ0n) is 12.8. The Morgan fingerprint density at radius 3 is 1.67 bits per heavy atom. The van der Waals surface area contributed by atoms with Crippen molar-refractivity contribution in [3.05, 3.63) is 32.4 Å². The molecule has 10 nitrogen and oxygen atoms in total. The van der Waals surface area contributed by atoms with E-state index in [1.807, 2.05) is 13.8 Å². The van der Waals surface area contributed by atoms with E-state index < -0.39 is 36.1 Å². The van der Waals surface area contributed by atoms with Gasteiger partial charge in [-0.25, -0.2) is 13.6 Å². The first-order chi connectivity index (χ1) is 10.6. The van der Waals surface area contributed by atoms with Crippen LogP contribution < -0.4 is 10.0 Å². The van der Waals surface area contributed by atoms with Gasteiger partial charge in [-0.15, -0.1) is 0 Å². The van der Waals surface area contributed by atoms with Crippen molar-refractivity contribution in [1.29, 1.82) is 0 Å². The van der Waals surface area contributed by atoms with Crippen LogP contribution in [0, 0.1) is 20.2 Å². The maximum atomic E-state index is 11.4. The van der Waals surface area contributed by atoms with Crippen LogP contribution in [0.2, 0.25) is 0 Å². The summed E-state index contributed by atoms with van der Waals surface area (Å²) in [6.45, 7) is 4.40. The number of anilines is 1. The van der Waals surface area contributed by atoms with Crippen molar-refractivity contribution < 1.29 is 18.3 Å². The van der Waals surface area contributed by atoms with Crippen molar-refractivity contribution in [1.82, 2.24) is 0 Å². The van der Waals surface area contributed by atoms with Gasteiger partial charge in [-0.1, -0.05) is 13.8 Å². The Labute approximate surface area is 182 Å². The Balaban J connectivity index is 0.00000529. The van der Waals surface area contributed by atoms with Crippen molar-refractivity contribution in [3.63, 3.8) is 0 Å². The second-order valence-electron chi connectivity index (χ2n) is 4.86. The fraction of sp³-hybridized carbons (Fsp3) is 0.500. The van der Waals surface area contributed by atoms with E-state index >= 15 is 0 Å². The molecule has 0 aromatic heterocycles. The molecule has 12 heteroatoms. The molecule has 0 aliphatic rings. The van der Waals surface area contributed by atoms with Gasteiger partial charge in [0, 0.05) is 25.2 Å². The molecule has 0 aliphatic heterocycles. The predicted molar refractivity (Wildman–Crippen MR) is 91.1 cm³/mol. The molecule has 0 amide bonds. The second-order valence-corrected chi connectivity index (χ2v) is 6.42. The van der Waals surface area contributed by atoms with Crippen molar-refractivity contribution >= 4 is 78.5 Å². The SMILES string of the molecule is CCCN(CCC)c1c([N+](=O)[O-])cc(S(N)(=O)=O)cc1[N+](=O)[O-].[KH]. The quantitative estimate of drug-likeness (QED) is 0.399. The summed E-state index contributed by atoms with van der Waals surface area (Å²) >= 11 is 0. The van der Waals surface area contributed by atoms with E-state index in [9.17, 15) is 28.6 Å². The van der Waals surface area contributed by atoms with Crippen LogP contribution in [0.4, 0.5) is 17.1 Å². The third kappa shape index (κ3) is 5.72. The number of sulfonamides is 1. The average molecular weight is 386 g/mol. The van der Waals surface area contributed by atoms with Gasteiger partial charge >= 0.3 is 62.8 Å². The third-order valence-corrected chi connectivity index (χ3v) is 3.96. The van der Waals surface area contributed by atoms with E-state index in [0.29, 0.717) is 25.9 Å². The molecule has 0 radical (unpaired) electrons. The molecule has 1 aromatic rings.